The van der Waals surface area contributed by atoms with Gasteiger partial charge in [-0.3, -0.25) is 0 Å². The summed E-state index contributed by atoms with van der Waals surface area (Å²) in [5, 5.41) is -0.0883. The highest BCUT2D eigenvalue weighted by Crippen LogP contribution is 2.47. The maximum absolute atomic E-state index is 6.30. The van der Waals surface area contributed by atoms with E-state index in [2.05, 4.69) is 17.6 Å². The van der Waals surface area contributed by atoms with Gasteiger partial charge >= 0.3 is 0 Å². The second-order valence-corrected chi connectivity index (χ2v) is 5.95. The zero-order valence-corrected chi connectivity index (χ0v) is 12.3. The van der Waals surface area contributed by atoms with Crippen LogP contribution < -0.4 is 4.74 Å². The fourth-order valence-corrected chi connectivity index (χ4v) is 2.83. The Morgan fingerprint density at radius 2 is 2.26 bits per heavy atom. The molecular formula is C15H19ClN2O. The second-order valence-electron chi connectivity index (χ2n) is 5.29. The summed E-state index contributed by atoms with van der Waals surface area (Å²) in [7, 11) is 0. The van der Waals surface area contributed by atoms with Gasteiger partial charge in [0, 0.05) is 6.04 Å². The van der Waals surface area contributed by atoms with Crippen LogP contribution in [0, 0.1) is 5.92 Å². The third-order valence-corrected chi connectivity index (χ3v) is 3.96. The molecule has 2 aromatic rings. The lowest BCUT2D eigenvalue weighted by Gasteiger charge is -2.09. The SMILES string of the molecule is CCOc1cccc2c1nc(C(C)Cl)n2C1CC1C. The largest absolute Gasteiger partial charge is 0.492 e. The molecule has 102 valence electrons. The molecule has 0 spiro atoms. The topological polar surface area (TPSA) is 27.1 Å². The number of hydrogen-bond donors (Lipinski definition) is 0. The van der Waals surface area contributed by atoms with Gasteiger partial charge in [0.15, 0.2) is 0 Å². The van der Waals surface area contributed by atoms with Gasteiger partial charge in [-0.1, -0.05) is 13.0 Å². The van der Waals surface area contributed by atoms with Crippen LogP contribution in [0.3, 0.4) is 0 Å². The first-order valence-electron chi connectivity index (χ1n) is 6.91. The van der Waals surface area contributed by atoms with E-state index in [-0.39, 0.29) is 5.38 Å². The molecule has 4 heteroatoms. The number of rotatable bonds is 4. The lowest BCUT2D eigenvalue weighted by molar-refractivity contribution is 0.343. The predicted octanol–water partition coefficient (Wildman–Crippen LogP) is 4.32. The maximum atomic E-state index is 6.30. The van der Waals surface area contributed by atoms with E-state index in [0.717, 1.165) is 22.6 Å². The highest BCUT2D eigenvalue weighted by atomic mass is 35.5. The Morgan fingerprint density at radius 1 is 1.53 bits per heavy atom. The average Bonchev–Trinajstić information content (AvgIpc) is 2.95. The Labute approximate surface area is 118 Å². The number of aromatic nitrogens is 2. The summed E-state index contributed by atoms with van der Waals surface area (Å²) in [5.74, 6) is 2.52. The monoisotopic (exact) mass is 278 g/mol. The summed E-state index contributed by atoms with van der Waals surface area (Å²) in [4.78, 5) is 4.73. The molecule has 3 nitrogen and oxygen atoms in total. The second kappa shape index (κ2) is 4.71. The van der Waals surface area contributed by atoms with Gasteiger partial charge in [-0.25, -0.2) is 4.98 Å². The van der Waals surface area contributed by atoms with Gasteiger partial charge in [0.05, 0.1) is 17.5 Å². The van der Waals surface area contributed by atoms with E-state index in [4.69, 9.17) is 21.3 Å². The number of halogens is 1. The van der Waals surface area contributed by atoms with Crippen molar-refractivity contribution in [3.8, 4) is 5.75 Å². The Kier molecular flexibility index (Phi) is 3.17. The number of benzene rings is 1. The Hall–Kier alpha value is -1.22. The summed E-state index contributed by atoms with van der Waals surface area (Å²) in [5.41, 5.74) is 2.08. The molecule has 3 unspecified atom stereocenters. The van der Waals surface area contributed by atoms with Crippen LogP contribution in [0.25, 0.3) is 11.0 Å². The van der Waals surface area contributed by atoms with Crippen LogP contribution in [0.4, 0.5) is 0 Å². The Bertz CT molecular complexity index is 605. The molecule has 1 aliphatic carbocycles. The van der Waals surface area contributed by atoms with Crippen LogP contribution in [0.15, 0.2) is 18.2 Å². The zero-order chi connectivity index (χ0) is 13.6. The van der Waals surface area contributed by atoms with Gasteiger partial charge < -0.3 is 9.30 Å². The van der Waals surface area contributed by atoms with Crippen molar-refractivity contribution in [1.29, 1.82) is 0 Å². The molecule has 1 saturated carbocycles. The molecule has 1 fully saturated rings. The average molecular weight is 279 g/mol. The number of ether oxygens (including phenoxy) is 1. The first-order valence-corrected chi connectivity index (χ1v) is 7.34. The van der Waals surface area contributed by atoms with Gasteiger partial charge in [0.1, 0.15) is 17.1 Å². The standard InChI is InChI=1S/C15H19ClN2O/c1-4-19-13-7-5-6-11-14(13)17-15(10(3)16)18(11)12-8-9(12)2/h5-7,9-10,12H,4,8H2,1-3H3. The lowest BCUT2D eigenvalue weighted by atomic mass is 10.3. The van der Waals surface area contributed by atoms with Crippen LogP contribution in [0.5, 0.6) is 5.75 Å². The predicted molar refractivity (Wildman–Crippen MR) is 78.0 cm³/mol. The van der Waals surface area contributed by atoms with E-state index in [0.29, 0.717) is 18.6 Å². The molecule has 1 aromatic heterocycles. The van der Waals surface area contributed by atoms with Crippen LogP contribution in [-0.2, 0) is 0 Å². The van der Waals surface area contributed by atoms with E-state index in [9.17, 15) is 0 Å². The van der Waals surface area contributed by atoms with E-state index in [1.165, 1.54) is 6.42 Å². The van der Waals surface area contributed by atoms with Crippen molar-refractivity contribution in [2.45, 2.75) is 38.6 Å². The van der Waals surface area contributed by atoms with Crippen molar-refractivity contribution < 1.29 is 4.74 Å². The van der Waals surface area contributed by atoms with Gasteiger partial charge in [-0.05, 0) is 38.3 Å². The Balaban J connectivity index is 2.20. The molecular weight excluding hydrogens is 260 g/mol. The van der Waals surface area contributed by atoms with Crippen LogP contribution >= 0.6 is 11.6 Å². The molecule has 3 atom stereocenters. The van der Waals surface area contributed by atoms with Crippen molar-refractivity contribution in [3.05, 3.63) is 24.0 Å². The number of hydrogen-bond acceptors (Lipinski definition) is 2. The van der Waals surface area contributed by atoms with Crippen molar-refractivity contribution in [1.82, 2.24) is 9.55 Å². The summed E-state index contributed by atoms with van der Waals surface area (Å²) >= 11 is 6.30. The maximum Gasteiger partial charge on any atom is 0.147 e. The van der Waals surface area contributed by atoms with Gasteiger partial charge in [0.2, 0.25) is 0 Å². The van der Waals surface area contributed by atoms with E-state index >= 15 is 0 Å². The summed E-state index contributed by atoms with van der Waals surface area (Å²) in [6.45, 7) is 6.89. The van der Waals surface area contributed by atoms with Gasteiger partial charge in [-0.2, -0.15) is 0 Å². The molecule has 0 bridgehead atoms. The number of imidazole rings is 1. The molecule has 0 radical (unpaired) electrons. The first kappa shape index (κ1) is 12.8. The van der Waals surface area contributed by atoms with Gasteiger partial charge in [0.25, 0.3) is 0 Å². The number of fused-ring (bicyclic) bond motifs is 1. The first-order chi connectivity index (χ1) is 9.13. The van der Waals surface area contributed by atoms with Crippen LogP contribution in [-0.4, -0.2) is 16.2 Å². The van der Waals surface area contributed by atoms with Crippen LogP contribution in [0.2, 0.25) is 0 Å². The third-order valence-electron chi connectivity index (χ3n) is 3.76. The smallest absolute Gasteiger partial charge is 0.147 e. The lowest BCUT2D eigenvalue weighted by Crippen LogP contribution is -2.03. The van der Waals surface area contributed by atoms with E-state index < -0.39 is 0 Å². The van der Waals surface area contributed by atoms with Gasteiger partial charge in [-0.15, -0.1) is 11.6 Å². The molecule has 1 aliphatic rings. The minimum atomic E-state index is -0.0883. The summed E-state index contributed by atoms with van der Waals surface area (Å²) < 4.78 is 7.98. The normalized spacial score (nSPS) is 23.6. The fraction of sp³-hybridized carbons (Fsp3) is 0.533. The van der Waals surface area contributed by atoms with Crippen LogP contribution in [0.1, 0.15) is 44.4 Å². The number of para-hydroxylation sites is 1. The molecule has 3 rings (SSSR count). The quantitative estimate of drug-likeness (QED) is 0.779. The molecule has 1 heterocycles. The Morgan fingerprint density at radius 3 is 2.84 bits per heavy atom. The fourth-order valence-electron chi connectivity index (χ4n) is 2.67. The van der Waals surface area contributed by atoms with Crippen molar-refractivity contribution in [3.63, 3.8) is 0 Å². The zero-order valence-electron chi connectivity index (χ0n) is 11.6. The third kappa shape index (κ3) is 2.10. The molecule has 0 saturated heterocycles. The van der Waals surface area contributed by atoms with E-state index in [1.807, 2.05) is 26.0 Å². The number of nitrogens with zero attached hydrogens (tertiary/aromatic N) is 2. The molecule has 0 N–H and O–H groups in total. The highest BCUT2D eigenvalue weighted by Gasteiger charge is 2.37. The highest BCUT2D eigenvalue weighted by molar-refractivity contribution is 6.20. The summed E-state index contributed by atoms with van der Waals surface area (Å²) in [6, 6.07) is 6.65. The van der Waals surface area contributed by atoms with E-state index in [1.54, 1.807) is 0 Å². The summed E-state index contributed by atoms with van der Waals surface area (Å²) in [6.07, 6.45) is 1.21. The van der Waals surface area contributed by atoms with Crippen molar-refractivity contribution in [2.24, 2.45) is 5.92 Å². The molecule has 0 aliphatic heterocycles. The number of alkyl halides is 1. The van der Waals surface area contributed by atoms with Crippen molar-refractivity contribution >= 4 is 22.6 Å². The molecule has 19 heavy (non-hydrogen) atoms. The molecule has 1 aromatic carbocycles. The van der Waals surface area contributed by atoms with Crippen molar-refractivity contribution in [2.75, 3.05) is 6.61 Å². The minimum absolute atomic E-state index is 0.0883. The minimum Gasteiger partial charge on any atom is -0.492 e. The molecule has 0 amide bonds.